The van der Waals surface area contributed by atoms with Crippen molar-refractivity contribution in [3.63, 3.8) is 0 Å². The van der Waals surface area contributed by atoms with Crippen LogP contribution in [0.25, 0.3) is 86.5 Å². The first kappa shape index (κ1) is 19.3. The predicted octanol–water partition coefficient (Wildman–Crippen LogP) is 10.0. The lowest BCUT2D eigenvalue weighted by atomic mass is 9.83. The Morgan fingerprint density at radius 2 is 0.865 bits per heavy atom. The van der Waals surface area contributed by atoms with Crippen molar-refractivity contribution in [2.75, 3.05) is 0 Å². The van der Waals surface area contributed by atoms with E-state index in [4.69, 9.17) is 0 Å². The van der Waals surface area contributed by atoms with E-state index in [0.717, 1.165) is 21.9 Å². The van der Waals surface area contributed by atoms with Crippen molar-refractivity contribution in [2.45, 2.75) is 0 Å². The van der Waals surface area contributed by atoms with Crippen LogP contribution in [-0.4, -0.2) is 5.11 Å². The zero-order valence-electron chi connectivity index (χ0n) is 19.9. The third kappa shape index (κ3) is 2.34. The van der Waals surface area contributed by atoms with Crippen molar-refractivity contribution in [1.29, 1.82) is 0 Å². The number of hydrogen-bond donors (Lipinski definition) is 1. The van der Waals surface area contributed by atoms with Crippen LogP contribution in [-0.2, 0) is 0 Å². The monoisotopic (exact) mass is 468 g/mol. The standard InChI is InChI=1S/C36H20O/c37-30-19-24-14-13-21-5-1-6-22-15-17-28(34(24)31(21)22)35(30)29-18-16-23-9-3-11-26-25-10-2-7-20-8-4-12-27(32(20)25)36(29)33(23)26/h1-19,37H. The minimum atomic E-state index is 0.324. The van der Waals surface area contributed by atoms with Crippen LogP contribution in [0.2, 0.25) is 0 Å². The summed E-state index contributed by atoms with van der Waals surface area (Å²) >= 11 is 0. The summed E-state index contributed by atoms with van der Waals surface area (Å²) in [5.74, 6) is 0.324. The Morgan fingerprint density at radius 1 is 0.351 bits per heavy atom. The van der Waals surface area contributed by atoms with Crippen LogP contribution in [0.4, 0.5) is 0 Å². The molecule has 9 rings (SSSR count). The van der Waals surface area contributed by atoms with Crippen LogP contribution in [0.3, 0.4) is 0 Å². The van der Waals surface area contributed by atoms with Crippen LogP contribution < -0.4 is 0 Å². The SMILES string of the molecule is Oc1cc2ccc3cccc4ccc(c1-c1ccc5cccc6c7cccc8cccc(c1c56)c87)c2c34. The van der Waals surface area contributed by atoms with Crippen LogP contribution >= 0.6 is 0 Å². The fourth-order valence-corrected chi connectivity index (χ4v) is 6.94. The molecule has 0 spiro atoms. The summed E-state index contributed by atoms with van der Waals surface area (Å²) in [5.41, 5.74) is 1.99. The average molecular weight is 469 g/mol. The smallest absolute Gasteiger partial charge is 0.124 e. The van der Waals surface area contributed by atoms with E-state index in [1.807, 2.05) is 6.07 Å². The Balaban J connectivity index is 1.56. The zero-order valence-corrected chi connectivity index (χ0v) is 19.9. The van der Waals surface area contributed by atoms with E-state index in [9.17, 15) is 5.11 Å². The Bertz CT molecular complexity index is 2340. The highest BCUT2D eigenvalue weighted by molar-refractivity contribution is 6.36. The van der Waals surface area contributed by atoms with E-state index in [-0.39, 0.29) is 0 Å². The molecular formula is C36H20O. The van der Waals surface area contributed by atoms with Crippen molar-refractivity contribution in [2.24, 2.45) is 0 Å². The van der Waals surface area contributed by atoms with Gasteiger partial charge < -0.3 is 5.11 Å². The van der Waals surface area contributed by atoms with Gasteiger partial charge in [-0.1, -0.05) is 109 Å². The third-order valence-corrected chi connectivity index (χ3v) is 8.41. The maximum absolute atomic E-state index is 11.6. The van der Waals surface area contributed by atoms with Gasteiger partial charge in [-0.25, -0.2) is 0 Å². The quantitative estimate of drug-likeness (QED) is 0.188. The number of rotatable bonds is 1. The number of fused-ring (bicyclic) bond motifs is 2. The number of phenolic OH excluding ortho intramolecular Hbond substituents is 1. The summed E-state index contributed by atoms with van der Waals surface area (Å²) in [6.45, 7) is 0. The van der Waals surface area contributed by atoms with Gasteiger partial charge in [-0.15, -0.1) is 0 Å². The van der Waals surface area contributed by atoms with Gasteiger partial charge in [0.2, 0.25) is 0 Å². The molecule has 0 unspecified atom stereocenters. The van der Waals surface area contributed by atoms with Gasteiger partial charge in [0.15, 0.2) is 0 Å². The lowest BCUT2D eigenvalue weighted by molar-refractivity contribution is 0.479. The second-order valence-electron chi connectivity index (χ2n) is 10.2. The van der Waals surface area contributed by atoms with Crippen LogP contribution in [0.15, 0.2) is 115 Å². The second-order valence-corrected chi connectivity index (χ2v) is 10.2. The van der Waals surface area contributed by atoms with E-state index in [2.05, 4.69) is 109 Å². The Hall–Kier alpha value is -4.88. The summed E-state index contributed by atoms with van der Waals surface area (Å²) in [6, 6.07) is 41.3. The molecule has 0 aliphatic heterocycles. The molecule has 0 heterocycles. The Kier molecular flexibility index (Phi) is 3.48. The first-order chi connectivity index (χ1) is 18.3. The molecule has 9 aromatic carbocycles. The lowest BCUT2D eigenvalue weighted by Crippen LogP contribution is -1.92. The maximum Gasteiger partial charge on any atom is 0.124 e. The van der Waals surface area contributed by atoms with E-state index < -0.39 is 0 Å². The normalized spacial score (nSPS) is 12.4. The summed E-state index contributed by atoms with van der Waals surface area (Å²) < 4.78 is 0. The maximum atomic E-state index is 11.6. The number of hydrogen-bond acceptors (Lipinski definition) is 1. The first-order valence-electron chi connectivity index (χ1n) is 12.8. The minimum Gasteiger partial charge on any atom is -0.507 e. The second kappa shape index (κ2) is 6.66. The molecule has 0 radical (unpaired) electrons. The molecule has 0 atom stereocenters. The van der Waals surface area contributed by atoms with Crippen molar-refractivity contribution >= 4 is 75.4 Å². The largest absolute Gasteiger partial charge is 0.507 e. The van der Waals surface area contributed by atoms with Crippen LogP contribution in [0, 0.1) is 0 Å². The molecular weight excluding hydrogens is 448 g/mol. The molecule has 1 N–H and O–H groups in total. The topological polar surface area (TPSA) is 20.2 Å². The summed E-state index contributed by atoms with van der Waals surface area (Å²) in [5, 5.41) is 28.7. The van der Waals surface area contributed by atoms with Gasteiger partial charge in [0.1, 0.15) is 5.75 Å². The molecule has 170 valence electrons. The van der Waals surface area contributed by atoms with E-state index >= 15 is 0 Å². The molecule has 0 aromatic heterocycles. The first-order valence-corrected chi connectivity index (χ1v) is 12.8. The van der Waals surface area contributed by atoms with E-state index in [1.54, 1.807) is 0 Å². The summed E-state index contributed by atoms with van der Waals surface area (Å²) in [4.78, 5) is 0. The molecule has 9 aromatic rings. The van der Waals surface area contributed by atoms with Crippen molar-refractivity contribution in [1.82, 2.24) is 0 Å². The Morgan fingerprint density at radius 3 is 1.62 bits per heavy atom. The predicted molar refractivity (Wildman–Crippen MR) is 158 cm³/mol. The molecule has 0 aliphatic rings. The van der Waals surface area contributed by atoms with Gasteiger partial charge in [0.05, 0.1) is 0 Å². The molecule has 0 saturated carbocycles. The lowest BCUT2D eigenvalue weighted by Gasteiger charge is -2.20. The molecule has 0 amide bonds. The fraction of sp³-hybridized carbons (Fsp3) is 0. The molecule has 0 saturated heterocycles. The van der Waals surface area contributed by atoms with Crippen LogP contribution in [0.1, 0.15) is 0 Å². The number of phenols is 1. The van der Waals surface area contributed by atoms with Gasteiger partial charge in [-0.05, 0) is 87.0 Å². The molecule has 1 nitrogen and oxygen atoms in total. The summed E-state index contributed by atoms with van der Waals surface area (Å²) in [7, 11) is 0. The Labute approximate surface area is 212 Å². The van der Waals surface area contributed by atoms with Gasteiger partial charge >= 0.3 is 0 Å². The van der Waals surface area contributed by atoms with Gasteiger partial charge in [-0.2, -0.15) is 0 Å². The fourth-order valence-electron chi connectivity index (χ4n) is 6.94. The zero-order chi connectivity index (χ0) is 24.2. The molecule has 0 bridgehead atoms. The van der Waals surface area contributed by atoms with Gasteiger partial charge in [0.25, 0.3) is 0 Å². The molecule has 1 heteroatoms. The van der Waals surface area contributed by atoms with Crippen molar-refractivity contribution < 1.29 is 5.11 Å². The average Bonchev–Trinajstić information content (AvgIpc) is 2.94. The van der Waals surface area contributed by atoms with Crippen LogP contribution in [0.5, 0.6) is 5.75 Å². The minimum absolute atomic E-state index is 0.324. The molecule has 0 fully saturated rings. The van der Waals surface area contributed by atoms with Gasteiger partial charge in [0, 0.05) is 5.56 Å². The van der Waals surface area contributed by atoms with Crippen molar-refractivity contribution in [3.05, 3.63) is 115 Å². The molecule has 0 aliphatic carbocycles. The van der Waals surface area contributed by atoms with E-state index in [0.29, 0.717) is 5.75 Å². The highest BCUT2D eigenvalue weighted by Gasteiger charge is 2.21. The van der Waals surface area contributed by atoms with Gasteiger partial charge in [-0.3, -0.25) is 0 Å². The number of aromatic hydroxyl groups is 1. The highest BCUT2D eigenvalue weighted by atomic mass is 16.3. The number of benzene rings is 9. The highest BCUT2D eigenvalue weighted by Crippen LogP contribution is 2.49. The third-order valence-electron chi connectivity index (χ3n) is 8.41. The molecule has 37 heavy (non-hydrogen) atoms. The van der Waals surface area contributed by atoms with Crippen molar-refractivity contribution in [3.8, 4) is 16.9 Å². The van der Waals surface area contributed by atoms with E-state index in [1.165, 1.54) is 64.6 Å². The summed E-state index contributed by atoms with van der Waals surface area (Å²) in [6.07, 6.45) is 0.